The van der Waals surface area contributed by atoms with Gasteiger partial charge in [0.05, 0.1) is 5.52 Å². The summed E-state index contributed by atoms with van der Waals surface area (Å²) in [5, 5.41) is 3.49. The van der Waals surface area contributed by atoms with E-state index < -0.39 is 0 Å². The van der Waals surface area contributed by atoms with E-state index in [-0.39, 0.29) is 23.3 Å². The quantitative estimate of drug-likeness (QED) is 0.138. The third-order valence-corrected chi connectivity index (χ3v) is 11.9. The number of aryl methyl sites for hydroxylation is 2. The first kappa shape index (κ1) is 31.7. The van der Waals surface area contributed by atoms with Gasteiger partial charge in [0.1, 0.15) is 22.9 Å². The van der Waals surface area contributed by atoms with Crippen LogP contribution in [-0.4, -0.2) is 21.4 Å². The summed E-state index contributed by atoms with van der Waals surface area (Å²) in [6, 6.07) is 30.0. The van der Waals surface area contributed by atoms with Gasteiger partial charge in [-0.2, -0.15) is 0 Å². The molecular formula is C44H43BN4O2. The van der Waals surface area contributed by atoms with Crippen LogP contribution in [0, 0.1) is 13.8 Å². The molecule has 3 aromatic heterocycles. The van der Waals surface area contributed by atoms with Gasteiger partial charge < -0.3 is 14.2 Å². The molecular weight excluding hydrogens is 627 g/mol. The lowest BCUT2D eigenvalue weighted by atomic mass is 9.61. The number of hydrogen-bond acceptors (Lipinski definition) is 5. The second-order valence-corrected chi connectivity index (χ2v) is 16.5. The fourth-order valence-corrected chi connectivity index (χ4v) is 8.33. The molecule has 9 rings (SSSR count). The zero-order valence-electron chi connectivity index (χ0n) is 30.9. The van der Waals surface area contributed by atoms with E-state index in [1.54, 1.807) is 0 Å². The van der Waals surface area contributed by atoms with Crippen molar-refractivity contribution < 1.29 is 9.39 Å². The predicted molar refractivity (Wildman–Crippen MR) is 210 cm³/mol. The van der Waals surface area contributed by atoms with Gasteiger partial charge in [0, 0.05) is 51.4 Å². The van der Waals surface area contributed by atoms with Gasteiger partial charge in [-0.3, -0.25) is 4.40 Å². The fraction of sp³-hybridized carbons (Fsp3) is 0.273. The minimum Gasteiger partial charge on any atom is -0.535 e. The molecule has 7 heteroatoms. The Labute approximate surface area is 300 Å². The van der Waals surface area contributed by atoms with E-state index in [1.807, 2.05) is 18.3 Å². The third-order valence-electron chi connectivity index (χ3n) is 11.9. The maximum absolute atomic E-state index is 6.85. The molecule has 0 saturated heterocycles. The molecule has 254 valence electrons. The first-order valence-corrected chi connectivity index (χ1v) is 17.9. The van der Waals surface area contributed by atoms with Crippen molar-refractivity contribution in [2.24, 2.45) is 0 Å². The first-order chi connectivity index (χ1) is 24.3. The number of benzene rings is 4. The second-order valence-electron chi connectivity index (χ2n) is 16.5. The molecule has 2 aliphatic heterocycles. The highest BCUT2D eigenvalue weighted by Gasteiger charge is 2.46. The molecule has 0 aliphatic carbocycles. The van der Waals surface area contributed by atoms with Gasteiger partial charge >= 0.3 is 7.05 Å². The van der Waals surface area contributed by atoms with Crippen molar-refractivity contribution in [2.75, 3.05) is 4.81 Å². The van der Waals surface area contributed by atoms with E-state index in [0.29, 0.717) is 0 Å². The van der Waals surface area contributed by atoms with E-state index in [2.05, 4.69) is 151 Å². The summed E-state index contributed by atoms with van der Waals surface area (Å²) in [5.74, 6) is 3.08. The predicted octanol–water partition coefficient (Wildman–Crippen LogP) is 10.2. The molecule has 0 N–H and O–H groups in total. The van der Waals surface area contributed by atoms with Crippen LogP contribution >= 0.6 is 0 Å². The number of ether oxygens (including phenoxy) is 1. The molecule has 0 radical (unpaired) electrons. The molecule has 0 atom stereocenters. The van der Waals surface area contributed by atoms with E-state index in [4.69, 9.17) is 19.4 Å². The summed E-state index contributed by atoms with van der Waals surface area (Å²) < 4.78 is 15.9. The van der Waals surface area contributed by atoms with Crippen LogP contribution in [0.3, 0.4) is 0 Å². The van der Waals surface area contributed by atoms with E-state index in [0.717, 1.165) is 50.8 Å². The van der Waals surface area contributed by atoms with Crippen LogP contribution in [0.15, 0.2) is 97.3 Å². The number of imidazole rings is 1. The van der Waals surface area contributed by atoms with Crippen molar-refractivity contribution in [1.29, 1.82) is 0 Å². The number of aromatic nitrogens is 3. The average molecular weight is 671 g/mol. The van der Waals surface area contributed by atoms with Crippen LogP contribution in [0.4, 0.5) is 11.5 Å². The molecule has 51 heavy (non-hydrogen) atoms. The molecule has 2 aliphatic rings. The minimum atomic E-state index is -0.367. The molecule has 0 bridgehead atoms. The summed E-state index contributed by atoms with van der Waals surface area (Å²) in [4.78, 5) is 12.1. The first-order valence-electron chi connectivity index (χ1n) is 17.9. The van der Waals surface area contributed by atoms with Gasteiger partial charge in [0.15, 0.2) is 5.82 Å². The number of anilines is 2. The highest BCUT2D eigenvalue weighted by molar-refractivity contribution is 6.75. The van der Waals surface area contributed by atoms with Gasteiger partial charge in [-0.1, -0.05) is 96.0 Å². The van der Waals surface area contributed by atoms with Gasteiger partial charge in [0.25, 0.3) is 0 Å². The van der Waals surface area contributed by atoms with E-state index in [1.165, 1.54) is 38.7 Å². The molecule has 0 unspecified atom stereocenters. The molecule has 0 fully saturated rings. The zero-order chi connectivity index (χ0) is 35.6. The Balaban J connectivity index is 1.21. The molecule has 4 aromatic carbocycles. The lowest BCUT2D eigenvalue weighted by molar-refractivity contribution is 0.288. The number of pyridine rings is 2. The lowest BCUT2D eigenvalue weighted by Crippen LogP contribution is -2.49. The van der Waals surface area contributed by atoms with Crippen molar-refractivity contribution in [3.8, 4) is 17.2 Å². The number of nitrogens with zero attached hydrogens (tertiary/aromatic N) is 4. The highest BCUT2D eigenvalue weighted by atomic mass is 16.5. The Bertz CT molecular complexity index is 2560. The normalized spacial score (nSPS) is 15.9. The topological polar surface area (TPSA) is 51.9 Å². The summed E-state index contributed by atoms with van der Waals surface area (Å²) in [7, 11) is -0.367. The number of fused-ring (bicyclic) bond motifs is 4. The minimum absolute atomic E-state index is 0.0602. The number of hydrogen-bond donors (Lipinski definition) is 0. The van der Waals surface area contributed by atoms with Crippen LogP contribution in [0.2, 0.25) is 0 Å². The van der Waals surface area contributed by atoms with Crippen LogP contribution in [0.1, 0.15) is 76.4 Å². The van der Waals surface area contributed by atoms with Crippen LogP contribution in [0.5, 0.6) is 17.2 Å². The highest BCUT2D eigenvalue weighted by Crippen LogP contribution is 2.51. The van der Waals surface area contributed by atoms with Crippen molar-refractivity contribution in [3.05, 3.63) is 125 Å². The monoisotopic (exact) mass is 670 g/mol. The largest absolute Gasteiger partial charge is 0.535 e. The molecule has 5 heterocycles. The molecule has 0 saturated carbocycles. The maximum Gasteiger partial charge on any atom is 0.526 e. The second kappa shape index (κ2) is 10.6. The standard InChI is InChI=1S/C44H43BN4O2/c1-26-13-10-14-27(2)38(26)45-49(41-36(51-45)17-12-20-46-41)29-21-28(42(3,4)5)22-31(23-29)50-30-18-19-32-33-15-11-16-35-39(33)48-37(44(8,9)43(35,6)7)25-47-40(48)34(32)24-30/h10-25H,1-9H3. The Morgan fingerprint density at radius 3 is 2.27 bits per heavy atom. The SMILES string of the molecule is Cc1cccc(C)c1B1Oc2cccnc2N1c1cc(Oc2ccc3c(c2)c2ncc4n2c2c(cccc32)C(C)(C)C4(C)C)cc(C(C)(C)C)c1. The Morgan fingerprint density at radius 1 is 0.745 bits per heavy atom. The smallest absolute Gasteiger partial charge is 0.526 e. The van der Waals surface area contributed by atoms with E-state index in [9.17, 15) is 0 Å². The zero-order valence-corrected chi connectivity index (χ0v) is 30.9. The summed E-state index contributed by atoms with van der Waals surface area (Å²) >= 11 is 0. The fourth-order valence-electron chi connectivity index (χ4n) is 8.33. The van der Waals surface area contributed by atoms with Gasteiger partial charge in [-0.05, 0) is 83.7 Å². The Hall–Kier alpha value is -5.30. The molecule has 6 nitrogen and oxygen atoms in total. The molecule has 0 spiro atoms. The number of para-hydroxylation sites is 1. The van der Waals surface area contributed by atoms with Crippen LogP contribution in [0.25, 0.3) is 27.3 Å². The Kier molecular flexibility index (Phi) is 6.59. The third kappa shape index (κ3) is 4.49. The van der Waals surface area contributed by atoms with Crippen molar-refractivity contribution in [2.45, 2.75) is 78.6 Å². The number of rotatable bonds is 4. The van der Waals surface area contributed by atoms with Gasteiger partial charge in [0.2, 0.25) is 0 Å². The van der Waals surface area contributed by atoms with Crippen LogP contribution in [-0.2, 0) is 16.2 Å². The van der Waals surface area contributed by atoms with Crippen molar-refractivity contribution in [1.82, 2.24) is 14.4 Å². The summed E-state index contributed by atoms with van der Waals surface area (Å²) in [5.41, 5.74) is 10.1. The summed E-state index contributed by atoms with van der Waals surface area (Å²) in [6.45, 7) is 20.4. The molecule has 7 aromatic rings. The van der Waals surface area contributed by atoms with E-state index >= 15 is 0 Å². The lowest BCUT2D eigenvalue weighted by Gasteiger charge is -2.45. The summed E-state index contributed by atoms with van der Waals surface area (Å²) in [6.07, 6.45) is 3.91. The van der Waals surface area contributed by atoms with Gasteiger partial charge in [-0.15, -0.1) is 0 Å². The van der Waals surface area contributed by atoms with Crippen LogP contribution < -0.4 is 19.7 Å². The maximum atomic E-state index is 6.85. The van der Waals surface area contributed by atoms with Crippen molar-refractivity contribution >= 4 is 51.3 Å². The van der Waals surface area contributed by atoms with Crippen molar-refractivity contribution in [3.63, 3.8) is 0 Å². The average Bonchev–Trinajstić information content (AvgIpc) is 3.70. The van der Waals surface area contributed by atoms with Gasteiger partial charge in [-0.25, -0.2) is 9.97 Å². The molecule has 0 amide bonds. The Morgan fingerprint density at radius 2 is 1.51 bits per heavy atom.